The Balaban J connectivity index is 1.50. The Bertz CT molecular complexity index is 732. The molecule has 1 N–H and O–H groups in total. The number of furan rings is 1. The van der Waals surface area contributed by atoms with Crippen molar-refractivity contribution in [3.63, 3.8) is 0 Å². The molecular formula is C18H18N2O4. The Morgan fingerprint density at radius 3 is 2.38 bits per heavy atom. The van der Waals surface area contributed by atoms with E-state index in [0.29, 0.717) is 23.3 Å². The number of hydrogen-bond donors (Lipinski definition) is 1. The number of fused-ring (bicyclic) bond motifs is 1. The smallest absolute Gasteiger partial charge is 0.261 e. The van der Waals surface area contributed by atoms with Crippen LogP contribution in [0.3, 0.4) is 0 Å². The van der Waals surface area contributed by atoms with Gasteiger partial charge in [-0.05, 0) is 37.6 Å². The summed E-state index contributed by atoms with van der Waals surface area (Å²) in [5.41, 5.74) is 0.858. The number of benzene rings is 1. The molecule has 0 radical (unpaired) electrons. The zero-order valence-corrected chi connectivity index (χ0v) is 13.3. The van der Waals surface area contributed by atoms with E-state index in [4.69, 9.17) is 4.42 Å². The van der Waals surface area contributed by atoms with E-state index in [0.717, 1.165) is 0 Å². The molecule has 0 bridgehead atoms. The quantitative estimate of drug-likeness (QED) is 0.827. The van der Waals surface area contributed by atoms with Gasteiger partial charge in [0.25, 0.3) is 11.8 Å². The molecule has 0 aliphatic carbocycles. The second kappa shape index (κ2) is 6.70. The topological polar surface area (TPSA) is 79.6 Å². The number of imide groups is 1. The van der Waals surface area contributed by atoms with Gasteiger partial charge in [0.2, 0.25) is 5.91 Å². The lowest BCUT2D eigenvalue weighted by Gasteiger charge is -2.14. The van der Waals surface area contributed by atoms with Gasteiger partial charge < -0.3 is 9.73 Å². The maximum Gasteiger partial charge on any atom is 0.261 e. The van der Waals surface area contributed by atoms with Crippen LogP contribution in [0.15, 0.2) is 47.1 Å². The Morgan fingerprint density at radius 1 is 1.12 bits per heavy atom. The van der Waals surface area contributed by atoms with Gasteiger partial charge in [0.05, 0.1) is 23.4 Å². The summed E-state index contributed by atoms with van der Waals surface area (Å²) in [6.07, 6.45) is 2.21. The van der Waals surface area contributed by atoms with Crippen LogP contribution in [0.1, 0.15) is 52.3 Å². The maximum atomic E-state index is 12.2. The summed E-state index contributed by atoms with van der Waals surface area (Å²) in [7, 11) is 0. The zero-order chi connectivity index (χ0) is 17.1. The molecule has 1 atom stereocenters. The van der Waals surface area contributed by atoms with Crippen LogP contribution in [0.25, 0.3) is 0 Å². The first-order valence-corrected chi connectivity index (χ1v) is 7.86. The summed E-state index contributed by atoms with van der Waals surface area (Å²) in [6.45, 7) is 2.07. The first kappa shape index (κ1) is 16.0. The van der Waals surface area contributed by atoms with E-state index in [1.807, 2.05) is 6.92 Å². The summed E-state index contributed by atoms with van der Waals surface area (Å²) >= 11 is 0. The van der Waals surface area contributed by atoms with Gasteiger partial charge in [-0.3, -0.25) is 19.3 Å². The predicted molar refractivity (Wildman–Crippen MR) is 86.3 cm³/mol. The van der Waals surface area contributed by atoms with Crippen molar-refractivity contribution in [2.24, 2.45) is 0 Å². The Labute approximate surface area is 139 Å². The van der Waals surface area contributed by atoms with Gasteiger partial charge in [-0.2, -0.15) is 0 Å². The highest BCUT2D eigenvalue weighted by atomic mass is 16.3. The molecule has 0 fully saturated rings. The Kier molecular flexibility index (Phi) is 4.46. The molecule has 1 aromatic heterocycles. The van der Waals surface area contributed by atoms with Crippen molar-refractivity contribution in [1.82, 2.24) is 10.2 Å². The molecule has 6 heteroatoms. The third kappa shape index (κ3) is 3.08. The lowest BCUT2D eigenvalue weighted by atomic mass is 10.1. The fourth-order valence-corrected chi connectivity index (χ4v) is 2.76. The van der Waals surface area contributed by atoms with Crippen LogP contribution >= 0.6 is 0 Å². The van der Waals surface area contributed by atoms with Crippen LogP contribution in [0, 0.1) is 0 Å². The highest BCUT2D eigenvalue weighted by molar-refractivity contribution is 6.21. The highest BCUT2D eigenvalue weighted by Crippen LogP contribution is 2.22. The van der Waals surface area contributed by atoms with E-state index >= 15 is 0 Å². The van der Waals surface area contributed by atoms with E-state index in [1.54, 1.807) is 42.7 Å². The van der Waals surface area contributed by atoms with Crippen molar-refractivity contribution in [3.8, 4) is 0 Å². The third-order valence-electron chi connectivity index (χ3n) is 4.01. The third-order valence-corrected chi connectivity index (χ3v) is 4.01. The molecular weight excluding hydrogens is 308 g/mol. The summed E-state index contributed by atoms with van der Waals surface area (Å²) in [5.74, 6) is -0.0425. The Morgan fingerprint density at radius 2 is 1.79 bits per heavy atom. The van der Waals surface area contributed by atoms with Crippen molar-refractivity contribution in [2.75, 3.05) is 6.54 Å². The lowest BCUT2D eigenvalue weighted by Crippen LogP contribution is -2.32. The lowest BCUT2D eigenvalue weighted by molar-refractivity contribution is -0.122. The SMILES string of the molecule is C[C@H](NC(=O)CCCN1C(=O)c2ccccc2C1=O)c1ccco1. The van der Waals surface area contributed by atoms with Gasteiger partial charge in [0.1, 0.15) is 5.76 Å². The average Bonchev–Trinajstić information content (AvgIpc) is 3.19. The monoisotopic (exact) mass is 326 g/mol. The number of hydrogen-bond acceptors (Lipinski definition) is 4. The molecule has 0 spiro atoms. The van der Waals surface area contributed by atoms with Crippen molar-refractivity contribution < 1.29 is 18.8 Å². The molecule has 1 aliphatic rings. The zero-order valence-electron chi connectivity index (χ0n) is 13.3. The van der Waals surface area contributed by atoms with Crippen LogP contribution < -0.4 is 5.32 Å². The van der Waals surface area contributed by atoms with Crippen LogP contribution in [0.2, 0.25) is 0 Å². The van der Waals surface area contributed by atoms with Gasteiger partial charge in [0, 0.05) is 13.0 Å². The standard InChI is InChI=1S/C18H18N2O4/c1-12(15-8-5-11-24-15)19-16(21)9-4-10-20-17(22)13-6-2-3-7-14(13)18(20)23/h2-3,5-8,11-12H,4,9-10H2,1H3,(H,19,21)/t12-/m0/s1. The summed E-state index contributed by atoms with van der Waals surface area (Å²) in [4.78, 5) is 37.6. The van der Waals surface area contributed by atoms with Crippen LogP contribution in [-0.4, -0.2) is 29.2 Å². The number of rotatable bonds is 6. The van der Waals surface area contributed by atoms with E-state index < -0.39 is 0 Å². The molecule has 0 unspecified atom stereocenters. The molecule has 0 saturated heterocycles. The van der Waals surface area contributed by atoms with Crippen LogP contribution in [-0.2, 0) is 4.79 Å². The van der Waals surface area contributed by atoms with Gasteiger partial charge >= 0.3 is 0 Å². The minimum absolute atomic E-state index is 0.143. The predicted octanol–water partition coefficient (Wildman–Crippen LogP) is 2.53. The number of carbonyl (C=O) groups excluding carboxylic acids is 3. The van der Waals surface area contributed by atoms with Crippen LogP contribution in [0.5, 0.6) is 0 Å². The molecule has 3 rings (SSSR count). The largest absolute Gasteiger partial charge is 0.467 e. The van der Waals surface area contributed by atoms with Crippen molar-refractivity contribution in [3.05, 3.63) is 59.5 Å². The molecule has 6 nitrogen and oxygen atoms in total. The molecule has 2 aromatic rings. The molecule has 1 aromatic carbocycles. The number of nitrogens with zero attached hydrogens (tertiary/aromatic N) is 1. The molecule has 3 amide bonds. The normalized spacial score (nSPS) is 14.6. The first-order chi connectivity index (χ1) is 11.6. The minimum Gasteiger partial charge on any atom is -0.467 e. The van der Waals surface area contributed by atoms with E-state index in [9.17, 15) is 14.4 Å². The van der Waals surface area contributed by atoms with Crippen molar-refractivity contribution in [1.29, 1.82) is 0 Å². The van der Waals surface area contributed by atoms with Gasteiger partial charge in [0.15, 0.2) is 0 Å². The van der Waals surface area contributed by atoms with Crippen molar-refractivity contribution in [2.45, 2.75) is 25.8 Å². The minimum atomic E-state index is -0.292. The summed E-state index contributed by atoms with van der Waals surface area (Å²) in [5, 5.41) is 2.83. The first-order valence-electron chi connectivity index (χ1n) is 7.86. The van der Waals surface area contributed by atoms with Gasteiger partial charge in [-0.1, -0.05) is 12.1 Å². The highest BCUT2D eigenvalue weighted by Gasteiger charge is 2.34. The van der Waals surface area contributed by atoms with Gasteiger partial charge in [-0.25, -0.2) is 0 Å². The van der Waals surface area contributed by atoms with Crippen molar-refractivity contribution >= 4 is 17.7 Å². The fourth-order valence-electron chi connectivity index (χ4n) is 2.76. The van der Waals surface area contributed by atoms with E-state index in [2.05, 4.69) is 5.32 Å². The molecule has 2 heterocycles. The van der Waals surface area contributed by atoms with E-state index in [-0.39, 0.29) is 36.7 Å². The van der Waals surface area contributed by atoms with Crippen LogP contribution in [0.4, 0.5) is 0 Å². The summed E-state index contributed by atoms with van der Waals surface area (Å²) in [6, 6.07) is 10.1. The Hall–Kier alpha value is -2.89. The van der Waals surface area contributed by atoms with Gasteiger partial charge in [-0.15, -0.1) is 0 Å². The molecule has 124 valence electrons. The summed E-state index contributed by atoms with van der Waals surface area (Å²) < 4.78 is 5.23. The number of nitrogens with one attached hydrogen (secondary N) is 1. The molecule has 0 saturated carbocycles. The van der Waals surface area contributed by atoms with E-state index in [1.165, 1.54) is 4.90 Å². The molecule has 24 heavy (non-hydrogen) atoms. The second-order valence-electron chi connectivity index (χ2n) is 5.72. The average molecular weight is 326 g/mol. The maximum absolute atomic E-state index is 12.2. The number of amides is 3. The number of carbonyl (C=O) groups is 3. The molecule has 1 aliphatic heterocycles. The second-order valence-corrected chi connectivity index (χ2v) is 5.72. The fraction of sp³-hybridized carbons (Fsp3) is 0.278.